The van der Waals surface area contributed by atoms with Gasteiger partial charge in [0.25, 0.3) is 0 Å². The van der Waals surface area contributed by atoms with Gasteiger partial charge in [0.1, 0.15) is 23.0 Å². The number of ether oxygens (including phenoxy) is 2. The molecule has 1 aliphatic heterocycles. The van der Waals surface area contributed by atoms with Crippen LogP contribution in [0.5, 0.6) is 5.75 Å². The van der Waals surface area contributed by atoms with Gasteiger partial charge in [-0.2, -0.15) is 0 Å². The SMILES string of the molecule is CC=C(C)C(=O)O[C@@H]1Cc2cc3ccc(=O)oc3cc2OC1(C)C. The number of hydrogen-bond acceptors (Lipinski definition) is 5. The van der Waals surface area contributed by atoms with Crippen molar-refractivity contribution in [3.8, 4) is 5.75 Å². The maximum atomic E-state index is 12.1. The molecule has 126 valence electrons. The van der Waals surface area contributed by atoms with Crippen molar-refractivity contribution in [3.05, 3.63) is 51.9 Å². The molecule has 1 aliphatic rings. The maximum absolute atomic E-state index is 12.1. The Bertz CT molecular complexity index is 888. The predicted molar refractivity (Wildman–Crippen MR) is 90.2 cm³/mol. The zero-order chi connectivity index (χ0) is 17.5. The van der Waals surface area contributed by atoms with E-state index in [1.54, 1.807) is 32.1 Å². The van der Waals surface area contributed by atoms with Gasteiger partial charge in [0.15, 0.2) is 0 Å². The Labute approximate surface area is 139 Å². The minimum Gasteiger partial charge on any atom is -0.484 e. The fourth-order valence-corrected chi connectivity index (χ4v) is 2.72. The van der Waals surface area contributed by atoms with E-state index < -0.39 is 17.3 Å². The average molecular weight is 328 g/mol. The highest BCUT2D eigenvalue weighted by atomic mass is 16.6. The zero-order valence-electron chi connectivity index (χ0n) is 14.2. The van der Waals surface area contributed by atoms with Gasteiger partial charge in [-0.1, -0.05) is 6.08 Å². The third-order valence-electron chi connectivity index (χ3n) is 4.36. The first-order chi connectivity index (χ1) is 11.3. The van der Waals surface area contributed by atoms with E-state index in [2.05, 4.69) is 0 Å². The Morgan fingerprint density at radius 1 is 1.33 bits per heavy atom. The molecule has 3 rings (SSSR count). The molecule has 0 bridgehead atoms. The molecule has 0 unspecified atom stereocenters. The first kappa shape index (κ1) is 16.3. The van der Waals surface area contributed by atoms with E-state index >= 15 is 0 Å². The van der Waals surface area contributed by atoms with Crippen LogP contribution in [0.3, 0.4) is 0 Å². The number of carbonyl (C=O) groups excluding carboxylic acids is 1. The first-order valence-electron chi connectivity index (χ1n) is 7.90. The summed E-state index contributed by atoms with van der Waals surface area (Å²) >= 11 is 0. The predicted octanol–water partition coefficient (Wildman–Crippen LogP) is 3.38. The van der Waals surface area contributed by atoms with Crippen LogP contribution >= 0.6 is 0 Å². The second-order valence-corrected chi connectivity index (χ2v) is 6.53. The van der Waals surface area contributed by atoms with E-state index in [1.807, 2.05) is 19.9 Å². The summed E-state index contributed by atoms with van der Waals surface area (Å²) in [6, 6.07) is 6.73. The average Bonchev–Trinajstić information content (AvgIpc) is 2.52. The second kappa shape index (κ2) is 5.82. The molecule has 0 spiro atoms. The fourth-order valence-electron chi connectivity index (χ4n) is 2.72. The molecule has 0 amide bonds. The minimum absolute atomic E-state index is 0.339. The van der Waals surface area contributed by atoms with Crippen LogP contribution in [0.4, 0.5) is 0 Å². The molecule has 0 fully saturated rings. The number of benzene rings is 1. The van der Waals surface area contributed by atoms with Crippen LogP contribution in [-0.4, -0.2) is 17.7 Å². The van der Waals surface area contributed by atoms with Gasteiger partial charge in [0.05, 0.1) is 0 Å². The summed E-state index contributed by atoms with van der Waals surface area (Å²) in [5, 5.41) is 0.811. The van der Waals surface area contributed by atoms with Crippen molar-refractivity contribution < 1.29 is 18.7 Å². The molecule has 1 atom stereocenters. The van der Waals surface area contributed by atoms with Crippen LogP contribution in [0.2, 0.25) is 0 Å². The molecular formula is C19H20O5. The van der Waals surface area contributed by atoms with Crippen molar-refractivity contribution in [1.29, 1.82) is 0 Å². The van der Waals surface area contributed by atoms with E-state index in [0.29, 0.717) is 23.3 Å². The Balaban J connectivity index is 1.97. The maximum Gasteiger partial charge on any atom is 0.336 e. The highest BCUT2D eigenvalue weighted by molar-refractivity contribution is 5.88. The molecule has 1 aromatic heterocycles. The zero-order valence-corrected chi connectivity index (χ0v) is 14.2. The lowest BCUT2D eigenvalue weighted by molar-refractivity contribution is -0.156. The molecule has 24 heavy (non-hydrogen) atoms. The molecule has 0 aliphatic carbocycles. The van der Waals surface area contributed by atoms with Crippen molar-refractivity contribution in [2.75, 3.05) is 0 Å². The van der Waals surface area contributed by atoms with Crippen LogP contribution < -0.4 is 10.4 Å². The van der Waals surface area contributed by atoms with Gasteiger partial charge in [-0.25, -0.2) is 9.59 Å². The topological polar surface area (TPSA) is 65.7 Å². The lowest BCUT2D eigenvalue weighted by Crippen LogP contribution is -2.48. The van der Waals surface area contributed by atoms with Crippen LogP contribution in [-0.2, 0) is 16.0 Å². The molecule has 0 N–H and O–H groups in total. The largest absolute Gasteiger partial charge is 0.484 e. The highest BCUT2D eigenvalue weighted by Gasteiger charge is 2.40. The van der Waals surface area contributed by atoms with E-state index in [1.165, 1.54) is 6.07 Å². The molecular weight excluding hydrogens is 308 g/mol. The lowest BCUT2D eigenvalue weighted by atomic mass is 9.90. The van der Waals surface area contributed by atoms with Gasteiger partial charge >= 0.3 is 11.6 Å². The summed E-state index contributed by atoms with van der Waals surface area (Å²) in [5.41, 5.74) is 0.895. The van der Waals surface area contributed by atoms with Gasteiger partial charge in [-0.15, -0.1) is 0 Å². The van der Waals surface area contributed by atoms with Crippen LogP contribution in [0, 0.1) is 0 Å². The van der Waals surface area contributed by atoms with Crippen molar-refractivity contribution >= 4 is 16.9 Å². The van der Waals surface area contributed by atoms with E-state index in [4.69, 9.17) is 13.9 Å². The molecule has 5 heteroatoms. The summed E-state index contributed by atoms with van der Waals surface area (Å²) in [5.74, 6) is 0.311. The van der Waals surface area contributed by atoms with E-state index in [0.717, 1.165) is 10.9 Å². The number of hydrogen-bond donors (Lipinski definition) is 0. The standard InChI is InChI=1S/C19H20O5/c1-5-11(2)18(21)23-16-9-13-8-12-6-7-17(20)22-14(12)10-15(13)24-19(16,3)4/h5-8,10,16H,9H2,1-4H3/t16-/m1/s1. The van der Waals surface area contributed by atoms with Crippen molar-refractivity contribution in [2.24, 2.45) is 0 Å². The smallest absolute Gasteiger partial charge is 0.336 e. The number of fused-ring (bicyclic) bond motifs is 2. The van der Waals surface area contributed by atoms with Gasteiger partial charge < -0.3 is 13.9 Å². The number of carbonyl (C=O) groups is 1. The molecule has 0 saturated heterocycles. The normalized spacial score (nSPS) is 19.5. The Morgan fingerprint density at radius 3 is 2.79 bits per heavy atom. The van der Waals surface area contributed by atoms with E-state index in [9.17, 15) is 9.59 Å². The summed E-state index contributed by atoms with van der Waals surface area (Å²) in [6.45, 7) is 7.28. The van der Waals surface area contributed by atoms with Gasteiger partial charge in [-0.05, 0) is 45.4 Å². The third kappa shape index (κ3) is 2.94. The minimum atomic E-state index is -0.681. The van der Waals surface area contributed by atoms with Crippen molar-refractivity contribution in [3.63, 3.8) is 0 Å². The third-order valence-corrected chi connectivity index (χ3v) is 4.36. The molecule has 2 heterocycles. The van der Waals surface area contributed by atoms with Gasteiger partial charge in [0.2, 0.25) is 0 Å². The number of allylic oxidation sites excluding steroid dienone is 1. The summed E-state index contributed by atoms with van der Waals surface area (Å²) in [4.78, 5) is 23.5. The molecule has 1 aromatic carbocycles. The van der Waals surface area contributed by atoms with Crippen molar-refractivity contribution in [1.82, 2.24) is 0 Å². The van der Waals surface area contributed by atoms with Gasteiger partial charge in [0, 0.05) is 29.5 Å². The second-order valence-electron chi connectivity index (χ2n) is 6.53. The lowest BCUT2D eigenvalue weighted by Gasteiger charge is -2.39. The molecule has 2 aromatic rings. The molecule has 0 radical (unpaired) electrons. The van der Waals surface area contributed by atoms with Crippen LogP contribution in [0.25, 0.3) is 11.0 Å². The van der Waals surface area contributed by atoms with Crippen LogP contribution in [0.1, 0.15) is 33.3 Å². The Kier molecular flexibility index (Phi) is 3.95. The summed E-state index contributed by atoms with van der Waals surface area (Å²) < 4.78 is 16.9. The Morgan fingerprint density at radius 2 is 2.08 bits per heavy atom. The number of esters is 1. The molecule has 0 saturated carbocycles. The monoisotopic (exact) mass is 328 g/mol. The van der Waals surface area contributed by atoms with Gasteiger partial charge in [-0.3, -0.25) is 0 Å². The quantitative estimate of drug-likeness (QED) is 0.480. The highest BCUT2D eigenvalue weighted by Crippen LogP contribution is 2.37. The van der Waals surface area contributed by atoms with Crippen molar-refractivity contribution in [2.45, 2.75) is 45.8 Å². The summed E-state index contributed by atoms with van der Waals surface area (Å²) in [6.07, 6.45) is 1.86. The summed E-state index contributed by atoms with van der Waals surface area (Å²) in [7, 11) is 0. The van der Waals surface area contributed by atoms with E-state index in [-0.39, 0.29) is 5.97 Å². The fraction of sp³-hybridized carbons (Fsp3) is 0.368. The Hall–Kier alpha value is -2.56. The molecule has 5 nitrogen and oxygen atoms in total. The number of rotatable bonds is 2. The van der Waals surface area contributed by atoms with Crippen LogP contribution in [0.15, 0.2) is 45.1 Å². The first-order valence-corrected chi connectivity index (χ1v) is 7.90.